The molecule has 0 amide bonds. The molecule has 4 heteroatoms. The molecule has 0 spiro atoms. The summed E-state index contributed by atoms with van der Waals surface area (Å²) >= 11 is 0. The zero-order valence-corrected chi connectivity index (χ0v) is 10.1. The van der Waals surface area contributed by atoms with Crippen LogP contribution < -0.4 is 5.32 Å². The number of hydrogen-bond acceptors (Lipinski definition) is 4. The standard InChI is InChI=1S/C12H22N2O2/c1-2-16-12(15)11-8-13-6-7-14(11)9-10-4-3-5-10/h10-11,13H,2-9H2,1H3. The number of carbonyl (C=O) groups excluding carboxylic acids is 1. The van der Waals surface area contributed by atoms with Crippen LogP contribution in [-0.4, -0.2) is 49.7 Å². The maximum absolute atomic E-state index is 11.8. The van der Waals surface area contributed by atoms with Gasteiger partial charge in [0.25, 0.3) is 0 Å². The van der Waals surface area contributed by atoms with Gasteiger partial charge >= 0.3 is 5.97 Å². The van der Waals surface area contributed by atoms with E-state index in [1.54, 1.807) is 0 Å². The van der Waals surface area contributed by atoms with Crippen LogP contribution in [0.3, 0.4) is 0 Å². The highest BCUT2D eigenvalue weighted by Gasteiger charge is 2.32. The van der Waals surface area contributed by atoms with Crippen molar-refractivity contribution in [2.24, 2.45) is 5.92 Å². The Morgan fingerprint density at radius 2 is 2.31 bits per heavy atom. The number of ether oxygens (including phenoxy) is 1. The summed E-state index contributed by atoms with van der Waals surface area (Å²) in [6.07, 6.45) is 4.03. The van der Waals surface area contributed by atoms with Gasteiger partial charge in [0, 0.05) is 26.2 Å². The van der Waals surface area contributed by atoms with E-state index in [0.29, 0.717) is 6.61 Å². The summed E-state index contributed by atoms with van der Waals surface area (Å²) in [5, 5.41) is 3.27. The van der Waals surface area contributed by atoms with E-state index >= 15 is 0 Å². The number of esters is 1. The Labute approximate surface area is 97.3 Å². The molecule has 4 nitrogen and oxygen atoms in total. The molecule has 0 aromatic carbocycles. The zero-order valence-electron chi connectivity index (χ0n) is 10.1. The van der Waals surface area contributed by atoms with Gasteiger partial charge < -0.3 is 10.1 Å². The van der Waals surface area contributed by atoms with Crippen molar-refractivity contribution in [2.75, 3.05) is 32.8 Å². The van der Waals surface area contributed by atoms with Gasteiger partial charge in [0.1, 0.15) is 6.04 Å². The molecule has 0 aromatic rings. The molecule has 1 N–H and O–H groups in total. The molecular formula is C12H22N2O2. The summed E-state index contributed by atoms with van der Waals surface area (Å²) in [4.78, 5) is 14.1. The number of carbonyl (C=O) groups is 1. The Kier molecular flexibility index (Phi) is 4.18. The maximum Gasteiger partial charge on any atom is 0.324 e. The van der Waals surface area contributed by atoms with Crippen LogP contribution in [0.2, 0.25) is 0 Å². The number of nitrogens with one attached hydrogen (secondary N) is 1. The molecular weight excluding hydrogens is 204 g/mol. The van der Waals surface area contributed by atoms with Crippen LogP contribution in [0.1, 0.15) is 26.2 Å². The molecule has 1 heterocycles. The lowest BCUT2D eigenvalue weighted by Gasteiger charge is -2.39. The quantitative estimate of drug-likeness (QED) is 0.714. The fraction of sp³-hybridized carbons (Fsp3) is 0.917. The van der Waals surface area contributed by atoms with E-state index in [0.717, 1.165) is 32.1 Å². The van der Waals surface area contributed by atoms with Gasteiger partial charge in [0.15, 0.2) is 0 Å². The van der Waals surface area contributed by atoms with Gasteiger partial charge in [-0.05, 0) is 25.7 Å². The molecule has 2 rings (SSSR count). The largest absolute Gasteiger partial charge is 0.465 e. The minimum absolute atomic E-state index is 0.0608. The Hall–Kier alpha value is -0.610. The van der Waals surface area contributed by atoms with Gasteiger partial charge in [-0.3, -0.25) is 9.69 Å². The van der Waals surface area contributed by atoms with E-state index in [2.05, 4.69) is 10.2 Å². The molecule has 0 bridgehead atoms. The van der Waals surface area contributed by atoms with E-state index in [-0.39, 0.29) is 12.0 Å². The van der Waals surface area contributed by atoms with Crippen molar-refractivity contribution in [2.45, 2.75) is 32.2 Å². The highest BCUT2D eigenvalue weighted by Crippen LogP contribution is 2.28. The summed E-state index contributed by atoms with van der Waals surface area (Å²) in [6.45, 7) is 6.12. The van der Waals surface area contributed by atoms with Crippen LogP contribution in [0.15, 0.2) is 0 Å². The van der Waals surface area contributed by atoms with Crippen molar-refractivity contribution >= 4 is 5.97 Å². The van der Waals surface area contributed by atoms with Crippen LogP contribution in [0, 0.1) is 5.92 Å². The second-order valence-electron chi connectivity index (χ2n) is 4.76. The first kappa shape index (κ1) is 11.9. The maximum atomic E-state index is 11.8. The number of hydrogen-bond donors (Lipinski definition) is 1. The van der Waals surface area contributed by atoms with Crippen molar-refractivity contribution < 1.29 is 9.53 Å². The predicted octanol–water partition coefficient (Wildman–Crippen LogP) is 0.623. The molecule has 2 aliphatic rings. The summed E-state index contributed by atoms with van der Waals surface area (Å²) in [5.74, 6) is 0.754. The summed E-state index contributed by atoms with van der Waals surface area (Å²) in [5.41, 5.74) is 0. The van der Waals surface area contributed by atoms with Crippen LogP contribution >= 0.6 is 0 Å². The first-order valence-corrected chi connectivity index (χ1v) is 6.42. The molecule has 1 atom stereocenters. The molecule has 1 aliphatic carbocycles. The fourth-order valence-corrected chi connectivity index (χ4v) is 2.44. The molecule has 0 radical (unpaired) electrons. The number of nitrogens with zero attached hydrogens (tertiary/aromatic N) is 1. The van der Waals surface area contributed by atoms with Crippen LogP contribution in [0.4, 0.5) is 0 Å². The second-order valence-corrected chi connectivity index (χ2v) is 4.76. The lowest BCUT2D eigenvalue weighted by Crippen LogP contribution is -2.56. The van der Waals surface area contributed by atoms with Gasteiger partial charge in [0.2, 0.25) is 0 Å². The van der Waals surface area contributed by atoms with Crippen molar-refractivity contribution in [3.8, 4) is 0 Å². The van der Waals surface area contributed by atoms with E-state index < -0.39 is 0 Å². The third-order valence-corrected chi connectivity index (χ3v) is 3.63. The normalized spacial score (nSPS) is 27.4. The second kappa shape index (κ2) is 5.64. The molecule has 0 aromatic heterocycles. The molecule has 2 fully saturated rings. The summed E-state index contributed by atoms with van der Waals surface area (Å²) < 4.78 is 5.12. The SMILES string of the molecule is CCOC(=O)C1CNCCN1CC1CCC1. The molecule has 16 heavy (non-hydrogen) atoms. The van der Waals surface area contributed by atoms with Crippen LogP contribution in [0.25, 0.3) is 0 Å². The monoisotopic (exact) mass is 226 g/mol. The lowest BCUT2D eigenvalue weighted by atomic mass is 9.84. The first-order valence-electron chi connectivity index (χ1n) is 6.42. The van der Waals surface area contributed by atoms with Gasteiger partial charge in [-0.1, -0.05) is 6.42 Å². The van der Waals surface area contributed by atoms with Crippen molar-refractivity contribution in [3.05, 3.63) is 0 Å². The van der Waals surface area contributed by atoms with Crippen LogP contribution in [0.5, 0.6) is 0 Å². The smallest absolute Gasteiger partial charge is 0.324 e. The average Bonchev–Trinajstić information content (AvgIpc) is 2.24. The zero-order chi connectivity index (χ0) is 11.4. The summed E-state index contributed by atoms with van der Waals surface area (Å²) in [6, 6.07) is -0.0608. The Morgan fingerprint density at radius 3 is 2.94 bits per heavy atom. The minimum atomic E-state index is -0.0611. The molecule has 1 saturated heterocycles. The van der Waals surface area contributed by atoms with E-state index in [1.807, 2.05) is 6.92 Å². The van der Waals surface area contributed by atoms with Crippen LogP contribution in [-0.2, 0) is 9.53 Å². The highest BCUT2D eigenvalue weighted by molar-refractivity contribution is 5.76. The minimum Gasteiger partial charge on any atom is -0.465 e. The predicted molar refractivity (Wildman–Crippen MR) is 62.2 cm³/mol. The molecule has 1 unspecified atom stereocenters. The van der Waals surface area contributed by atoms with E-state index in [9.17, 15) is 4.79 Å². The van der Waals surface area contributed by atoms with Crippen molar-refractivity contribution in [3.63, 3.8) is 0 Å². The molecule has 1 saturated carbocycles. The highest BCUT2D eigenvalue weighted by atomic mass is 16.5. The molecule has 1 aliphatic heterocycles. The van der Waals surface area contributed by atoms with E-state index in [1.165, 1.54) is 19.3 Å². The Balaban J connectivity index is 1.87. The summed E-state index contributed by atoms with van der Waals surface area (Å²) in [7, 11) is 0. The average molecular weight is 226 g/mol. The van der Waals surface area contributed by atoms with Gasteiger partial charge in [0.05, 0.1) is 6.61 Å². The molecule has 92 valence electrons. The third-order valence-electron chi connectivity index (χ3n) is 3.63. The Morgan fingerprint density at radius 1 is 1.50 bits per heavy atom. The number of piperazine rings is 1. The van der Waals surface area contributed by atoms with Gasteiger partial charge in [-0.25, -0.2) is 0 Å². The van der Waals surface area contributed by atoms with Gasteiger partial charge in [-0.2, -0.15) is 0 Å². The lowest BCUT2D eigenvalue weighted by molar-refractivity contribution is -0.150. The third kappa shape index (κ3) is 2.74. The fourth-order valence-electron chi connectivity index (χ4n) is 2.44. The van der Waals surface area contributed by atoms with Gasteiger partial charge in [-0.15, -0.1) is 0 Å². The van der Waals surface area contributed by atoms with Crippen molar-refractivity contribution in [1.82, 2.24) is 10.2 Å². The van der Waals surface area contributed by atoms with E-state index in [4.69, 9.17) is 4.74 Å². The Bertz CT molecular complexity index is 241. The van der Waals surface area contributed by atoms with Crippen molar-refractivity contribution in [1.29, 1.82) is 0 Å². The topological polar surface area (TPSA) is 41.6 Å². The number of rotatable bonds is 4. The first-order chi connectivity index (χ1) is 7.81.